The first-order valence-electron chi connectivity index (χ1n) is 10.0. The van der Waals surface area contributed by atoms with Crippen LogP contribution in [-0.4, -0.2) is 51.1 Å². The maximum atomic E-state index is 11.1. The van der Waals surface area contributed by atoms with Gasteiger partial charge in [0.15, 0.2) is 0 Å². The highest BCUT2D eigenvalue weighted by Gasteiger charge is 2.27. The van der Waals surface area contributed by atoms with Gasteiger partial charge in [0.1, 0.15) is 18.1 Å². The largest absolute Gasteiger partial charge is 0.474 e. The van der Waals surface area contributed by atoms with Crippen molar-refractivity contribution >= 4 is 16.9 Å². The third-order valence-electron chi connectivity index (χ3n) is 6.18. The minimum atomic E-state index is -0.272. The summed E-state index contributed by atoms with van der Waals surface area (Å²) >= 11 is 0. The molecule has 2 aliphatic rings. The number of hydrogen-bond donors (Lipinski definition) is 1. The topological polar surface area (TPSA) is 86.3 Å². The second kappa shape index (κ2) is 7.46. The lowest BCUT2D eigenvalue weighted by molar-refractivity contribution is -0.119. The normalized spacial score (nSPS) is 19.8. The van der Waals surface area contributed by atoms with E-state index in [2.05, 4.69) is 33.3 Å². The van der Waals surface area contributed by atoms with Gasteiger partial charge >= 0.3 is 0 Å². The molecule has 2 aromatic heterocycles. The number of likely N-dealkylation sites (tertiary alicyclic amines) is 1. The molecule has 1 saturated carbocycles. The molecule has 1 saturated heterocycles. The Morgan fingerprint density at radius 2 is 1.89 bits per heavy atom. The van der Waals surface area contributed by atoms with E-state index in [0.29, 0.717) is 18.5 Å². The maximum absolute atomic E-state index is 11.1. The molecule has 1 aliphatic heterocycles. The van der Waals surface area contributed by atoms with Gasteiger partial charge in [-0.15, -0.1) is 0 Å². The molecular formula is C20H29N5O2. The van der Waals surface area contributed by atoms with Crippen LogP contribution in [0, 0.1) is 13.8 Å². The van der Waals surface area contributed by atoms with Gasteiger partial charge in [-0.2, -0.15) is 0 Å². The Balaban J connectivity index is 1.56. The van der Waals surface area contributed by atoms with Gasteiger partial charge in [-0.25, -0.2) is 9.97 Å². The van der Waals surface area contributed by atoms with Gasteiger partial charge in [-0.05, 0) is 45.1 Å². The zero-order chi connectivity index (χ0) is 19.0. The SMILES string of the molecule is Cc1c(C)n(C2CCCC2)c2ncnc(OC3CCN(CC(N)=O)CC3)c12. The number of carbonyl (C=O) groups excluding carboxylic acids is 1. The van der Waals surface area contributed by atoms with Crippen LogP contribution in [0.1, 0.15) is 55.8 Å². The molecule has 1 aliphatic carbocycles. The van der Waals surface area contributed by atoms with Crippen molar-refractivity contribution in [3.63, 3.8) is 0 Å². The number of hydrogen-bond acceptors (Lipinski definition) is 5. The summed E-state index contributed by atoms with van der Waals surface area (Å²) in [6.45, 7) is 6.30. The Labute approximate surface area is 159 Å². The minimum absolute atomic E-state index is 0.113. The van der Waals surface area contributed by atoms with Gasteiger partial charge in [0.25, 0.3) is 0 Å². The summed E-state index contributed by atoms with van der Waals surface area (Å²) in [4.78, 5) is 22.3. The molecule has 0 unspecified atom stereocenters. The predicted octanol–water partition coefficient (Wildman–Crippen LogP) is 2.49. The number of rotatable bonds is 5. The second-order valence-electron chi connectivity index (χ2n) is 7.96. The lowest BCUT2D eigenvalue weighted by Crippen LogP contribution is -2.42. The molecular weight excluding hydrogens is 342 g/mol. The maximum Gasteiger partial charge on any atom is 0.231 e. The van der Waals surface area contributed by atoms with Crippen LogP contribution in [0.15, 0.2) is 6.33 Å². The first-order valence-corrected chi connectivity index (χ1v) is 10.0. The van der Waals surface area contributed by atoms with Crippen LogP contribution in [0.25, 0.3) is 11.0 Å². The van der Waals surface area contributed by atoms with Crippen LogP contribution < -0.4 is 10.5 Å². The van der Waals surface area contributed by atoms with E-state index in [-0.39, 0.29) is 12.0 Å². The number of amides is 1. The van der Waals surface area contributed by atoms with E-state index in [1.807, 2.05) is 0 Å². The predicted molar refractivity (Wildman–Crippen MR) is 104 cm³/mol. The fraction of sp³-hybridized carbons (Fsp3) is 0.650. The van der Waals surface area contributed by atoms with Gasteiger partial charge in [0, 0.05) is 24.8 Å². The Bertz CT molecular complexity index is 832. The van der Waals surface area contributed by atoms with Crippen molar-refractivity contribution in [3.05, 3.63) is 17.6 Å². The Morgan fingerprint density at radius 3 is 2.56 bits per heavy atom. The molecule has 3 heterocycles. The van der Waals surface area contributed by atoms with Crippen LogP contribution in [0.4, 0.5) is 0 Å². The van der Waals surface area contributed by atoms with E-state index in [4.69, 9.17) is 10.5 Å². The molecule has 146 valence electrons. The molecule has 4 rings (SSSR count). The Hall–Kier alpha value is -2.15. The molecule has 0 atom stereocenters. The van der Waals surface area contributed by atoms with Crippen LogP contribution in [0.5, 0.6) is 5.88 Å². The quantitative estimate of drug-likeness (QED) is 0.873. The van der Waals surface area contributed by atoms with Gasteiger partial charge < -0.3 is 15.0 Å². The smallest absolute Gasteiger partial charge is 0.231 e. The van der Waals surface area contributed by atoms with Crippen LogP contribution in [-0.2, 0) is 4.79 Å². The lowest BCUT2D eigenvalue weighted by atomic mass is 10.1. The first kappa shape index (κ1) is 18.2. The number of primary amides is 1. The molecule has 27 heavy (non-hydrogen) atoms. The standard InChI is InChI=1S/C20H29N5O2/c1-13-14(2)25(15-5-3-4-6-15)19-18(13)20(23-12-22-19)27-16-7-9-24(10-8-16)11-17(21)26/h12,15-16H,3-11H2,1-2H3,(H2,21,26). The third kappa shape index (κ3) is 3.52. The molecule has 7 heteroatoms. The molecule has 0 bridgehead atoms. The molecule has 2 fully saturated rings. The molecule has 1 amide bonds. The molecule has 2 N–H and O–H groups in total. The number of piperidine rings is 1. The third-order valence-corrected chi connectivity index (χ3v) is 6.18. The minimum Gasteiger partial charge on any atom is -0.474 e. The molecule has 7 nitrogen and oxygen atoms in total. The summed E-state index contributed by atoms with van der Waals surface area (Å²) in [7, 11) is 0. The fourth-order valence-electron chi connectivity index (χ4n) is 4.65. The van der Waals surface area contributed by atoms with Crippen molar-refractivity contribution in [1.29, 1.82) is 0 Å². The number of ether oxygens (including phenoxy) is 1. The Morgan fingerprint density at radius 1 is 1.19 bits per heavy atom. The van der Waals surface area contributed by atoms with Crippen LogP contribution >= 0.6 is 0 Å². The van der Waals surface area contributed by atoms with E-state index < -0.39 is 0 Å². The van der Waals surface area contributed by atoms with Crippen molar-refractivity contribution < 1.29 is 9.53 Å². The number of aromatic nitrogens is 3. The molecule has 0 spiro atoms. The lowest BCUT2D eigenvalue weighted by Gasteiger charge is -2.31. The molecule has 2 aromatic rings. The molecule has 0 aromatic carbocycles. The summed E-state index contributed by atoms with van der Waals surface area (Å²) in [6.07, 6.45) is 8.53. The number of carbonyl (C=O) groups is 1. The van der Waals surface area contributed by atoms with E-state index in [0.717, 1.165) is 37.0 Å². The van der Waals surface area contributed by atoms with E-state index in [1.165, 1.54) is 36.9 Å². The monoisotopic (exact) mass is 371 g/mol. The summed E-state index contributed by atoms with van der Waals surface area (Å²) in [5, 5.41) is 1.06. The Kier molecular flexibility index (Phi) is 5.04. The average Bonchev–Trinajstić information content (AvgIpc) is 3.24. The second-order valence-corrected chi connectivity index (χ2v) is 7.96. The fourth-order valence-corrected chi connectivity index (χ4v) is 4.65. The van der Waals surface area contributed by atoms with Crippen molar-refractivity contribution in [2.45, 2.75) is 64.5 Å². The van der Waals surface area contributed by atoms with Crippen molar-refractivity contribution in [1.82, 2.24) is 19.4 Å². The number of nitrogens with two attached hydrogens (primary N) is 1. The van der Waals surface area contributed by atoms with Gasteiger partial charge in [-0.1, -0.05) is 12.8 Å². The number of fused-ring (bicyclic) bond motifs is 1. The highest BCUT2D eigenvalue weighted by molar-refractivity contribution is 5.86. The van der Waals surface area contributed by atoms with Crippen molar-refractivity contribution in [3.8, 4) is 5.88 Å². The van der Waals surface area contributed by atoms with Crippen molar-refractivity contribution in [2.24, 2.45) is 5.73 Å². The molecule has 0 radical (unpaired) electrons. The summed E-state index contributed by atoms with van der Waals surface area (Å²) in [5.41, 5.74) is 8.80. The highest BCUT2D eigenvalue weighted by Crippen LogP contribution is 2.38. The van der Waals surface area contributed by atoms with Gasteiger partial charge in [-0.3, -0.25) is 9.69 Å². The zero-order valence-corrected chi connectivity index (χ0v) is 16.3. The zero-order valence-electron chi connectivity index (χ0n) is 16.3. The first-order chi connectivity index (χ1) is 13.0. The van der Waals surface area contributed by atoms with E-state index >= 15 is 0 Å². The van der Waals surface area contributed by atoms with Crippen molar-refractivity contribution in [2.75, 3.05) is 19.6 Å². The highest BCUT2D eigenvalue weighted by atomic mass is 16.5. The summed E-state index contributed by atoms with van der Waals surface area (Å²) < 4.78 is 8.73. The van der Waals surface area contributed by atoms with Gasteiger partial charge in [0.2, 0.25) is 11.8 Å². The number of aryl methyl sites for hydroxylation is 1. The van der Waals surface area contributed by atoms with Gasteiger partial charge in [0.05, 0.1) is 11.9 Å². The number of nitrogens with zero attached hydrogens (tertiary/aromatic N) is 4. The summed E-state index contributed by atoms with van der Waals surface area (Å²) in [5.74, 6) is 0.428. The average molecular weight is 371 g/mol. The van der Waals surface area contributed by atoms with Crippen LogP contribution in [0.2, 0.25) is 0 Å². The van der Waals surface area contributed by atoms with E-state index in [1.54, 1.807) is 6.33 Å². The van der Waals surface area contributed by atoms with Crippen LogP contribution in [0.3, 0.4) is 0 Å². The van der Waals surface area contributed by atoms with E-state index in [9.17, 15) is 4.79 Å². The summed E-state index contributed by atoms with van der Waals surface area (Å²) in [6, 6.07) is 0.543.